The van der Waals surface area contributed by atoms with Crippen LogP contribution in [0.3, 0.4) is 0 Å². The Bertz CT molecular complexity index is 470. The number of fused-ring (bicyclic) bond motifs is 1. The Kier molecular flexibility index (Phi) is 5.76. The predicted molar refractivity (Wildman–Crippen MR) is 94.0 cm³/mol. The molecule has 2 fully saturated rings. The second-order valence-corrected chi connectivity index (χ2v) is 8.30. The molecule has 0 saturated heterocycles. The predicted octanol–water partition coefficient (Wildman–Crippen LogP) is 3.45. The van der Waals surface area contributed by atoms with Gasteiger partial charge in [0.1, 0.15) is 0 Å². The lowest BCUT2D eigenvalue weighted by atomic mass is 9.46. The van der Waals surface area contributed by atoms with E-state index in [0.29, 0.717) is 11.8 Å². The zero-order valence-electron chi connectivity index (χ0n) is 15.0. The summed E-state index contributed by atoms with van der Waals surface area (Å²) in [6, 6.07) is 0. The van der Waals surface area contributed by atoms with Crippen LogP contribution in [0.2, 0.25) is 0 Å². The van der Waals surface area contributed by atoms with Gasteiger partial charge < -0.3 is 15.3 Å². The quantitative estimate of drug-likeness (QED) is 0.679. The van der Waals surface area contributed by atoms with Crippen LogP contribution in [0, 0.1) is 22.7 Å². The first-order valence-electron chi connectivity index (χ1n) is 9.02. The van der Waals surface area contributed by atoms with E-state index in [4.69, 9.17) is 5.11 Å². The van der Waals surface area contributed by atoms with Gasteiger partial charge in [-0.15, -0.1) is 0 Å². The van der Waals surface area contributed by atoms with Crippen molar-refractivity contribution in [1.82, 2.24) is 0 Å². The van der Waals surface area contributed by atoms with Crippen molar-refractivity contribution in [1.29, 1.82) is 0 Å². The highest BCUT2D eigenvalue weighted by Crippen LogP contribution is 2.61. The van der Waals surface area contributed by atoms with Crippen LogP contribution in [0.15, 0.2) is 23.8 Å². The molecule has 2 aliphatic rings. The maximum Gasteiger partial charge on any atom is 0.0618 e. The highest BCUT2D eigenvalue weighted by molar-refractivity contribution is 5.18. The van der Waals surface area contributed by atoms with Gasteiger partial charge in [-0.3, -0.25) is 0 Å². The lowest BCUT2D eigenvalue weighted by molar-refractivity contribution is -0.152. The monoisotopic (exact) mass is 322 g/mol. The molecule has 23 heavy (non-hydrogen) atoms. The Labute approximate surface area is 141 Å². The summed E-state index contributed by atoms with van der Waals surface area (Å²) in [6.07, 6.45) is 7.28. The molecule has 0 aromatic carbocycles. The average Bonchev–Trinajstić information content (AvgIpc) is 2.51. The highest BCUT2D eigenvalue weighted by Gasteiger charge is 2.57. The van der Waals surface area contributed by atoms with Crippen LogP contribution in [0.1, 0.15) is 59.3 Å². The number of aliphatic hydroxyl groups excluding tert-OH is 3. The van der Waals surface area contributed by atoms with Crippen molar-refractivity contribution in [2.24, 2.45) is 22.7 Å². The standard InChI is InChI=1S/C20H34O3/c1-14(10-12-21)5-7-16-15(2)6-8-17-19(16,3)11-9-18(23)20(17,4)13-22/h10,16-18,21-23H,2,5-9,11-13H2,1,3-4H3/b14-10+/t16-,17+,18?,19+,20-/m1/s1. The third-order valence-electron chi connectivity index (χ3n) is 6.96. The van der Waals surface area contributed by atoms with E-state index in [0.717, 1.165) is 38.5 Å². The van der Waals surface area contributed by atoms with Gasteiger partial charge in [-0.05, 0) is 62.7 Å². The van der Waals surface area contributed by atoms with E-state index in [2.05, 4.69) is 27.4 Å². The third-order valence-corrected chi connectivity index (χ3v) is 6.96. The van der Waals surface area contributed by atoms with Crippen LogP contribution in [0.5, 0.6) is 0 Å². The van der Waals surface area contributed by atoms with Crippen LogP contribution in [-0.2, 0) is 0 Å². The fourth-order valence-corrected chi connectivity index (χ4v) is 5.36. The molecule has 0 amide bonds. The van der Waals surface area contributed by atoms with E-state index < -0.39 is 11.5 Å². The number of hydrogen-bond donors (Lipinski definition) is 3. The summed E-state index contributed by atoms with van der Waals surface area (Å²) in [6.45, 7) is 11.0. The van der Waals surface area contributed by atoms with Crippen molar-refractivity contribution in [3.63, 3.8) is 0 Å². The number of aliphatic hydroxyl groups is 3. The number of allylic oxidation sites excluding steroid dienone is 2. The van der Waals surface area contributed by atoms with E-state index >= 15 is 0 Å². The summed E-state index contributed by atoms with van der Waals surface area (Å²) in [5.74, 6) is 0.767. The molecule has 0 heterocycles. The average molecular weight is 322 g/mol. The lowest BCUT2D eigenvalue weighted by Crippen LogP contribution is -2.57. The van der Waals surface area contributed by atoms with Crippen molar-refractivity contribution in [3.8, 4) is 0 Å². The van der Waals surface area contributed by atoms with E-state index in [9.17, 15) is 10.2 Å². The zero-order chi connectivity index (χ0) is 17.3. The Morgan fingerprint density at radius 2 is 2.00 bits per heavy atom. The van der Waals surface area contributed by atoms with Gasteiger partial charge in [-0.1, -0.05) is 37.6 Å². The Morgan fingerprint density at radius 1 is 1.30 bits per heavy atom. The molecule has 0 aromatic heterocycles. The van der Waals surface area contributed by atoms with E-state index in [1.807, 2.05) is 6.08 Å². The van der Waals surface area contributed by atoms with Gasteiger partial charge >= 0.3 is 0 Å². The van der Waals surface area contributed by atoms with Crippen molar-refractivity contribution in [2.45, 2.75) is 65.4 Å². The molecule has 0 aliphatic heterocycles. The minimum atomic E-state index is -0.409. The van der Waals surface area contributed by atoms with Gasteiger partial charge in [0.05, 0.1) is 19.3 Å². The summed E-state index contributed by atoms with van der Waals surface area (Å²) in [4.78, 5) is 0. The van der Waals surface area contributed by atoms with E-state index in [1.165, 1.54) is 11.1 Å². The first-order chi connectivity index (χ1) is 10.8. The Hall–Kier alpha value is -0.640. The molecular weight excluding hydrogens is 288 g/mol. The van der Waals surface area contributed by atoms with E-state index in [1.54, 1.807) is 0 Å². The highest BCUT2D eigenvalue weighted by atomic mass is 16.3. The lowest BCUT2D eigenvalue weighted by Gasteiger charge is -2.60. The Balaban J connectivity index is 2.25. The van der Waals surface area contributed by atoms with Crippen LogP contribution in [-0.4, -0.2) is 34.6 Å². The summed E-state index contributed by atoms with van der Waals surface area (Å²) < 4.78 is 0. The smallest absolute Gasteiger partial charge is 0.0618 e. The van der Waals surface area contributed by atoms with Crippen LogP contribution < -0.4 is 0 Å². The summed E-state index contributed by atoms with van der Waals surface area (Å²) in [7, 11) is 0. The molecule has 0 radical (unpaired) electrons. The van der Waals surface area contributed by atoms with Crippen molar-refractivity contribution in [2.75, 3.05) is 13.2 Å². The van der Waals surface area contributed by atoms with Crippen molar-refractivity contribution in [3.05, 3.63) is 23.8 Å². The molecule has 0 spiro atoms. The number of rotatable bonds is 5. The minimum absolute atomic E-state index is 0.0526. The first-order valence-corrected chi connectivity index (χ1v) is 9.02. The molecule has 0 bridgehead atoms. The third kappa shape index (κ3) is 3.29. The maximum atomic E-state index is 10.5. The van der Waals surface area contributed by atoms with Crippen molar-refractivity contribution < 1.29 is 15.3 Å². The molecule has 3 nitrogen and oxygen atoms in total. The SMILES string of the molecule is C=C1CC[C@H]2[C@@](C)(CCC(O)[C@]2(C)CO)[C@@H]1CC/C(C)=C/CO. The zero-order valence-corrected chi connectivity index (χ0v) is 15.0. The fraction of sp³-hybridized carbons (Fsp3) is 0.800. The molecule has 2 rings (SSSR count). The summed E-state index contributed by atoms with van der Waals surface area (Å²) in [5.41, 5.74) is 2.26. The van der Waals surface area contributed by atoms with Gasteiger partial charge in [-0.25, -0.2) is 0 Å². The second-order valence-electron chi connectivity index (χ2n) is 8.30. The second kappa shape index (κ2) is 7.08. The van der Waals surface area contributed by atoms with E-state index in [-0.39, 0.29) is 18.6 Å². The molecule has 0 aromatic rings. The first kappa shape index (κ1) is 18.7. The fourth-order valence-electron chi connectivity index (χ4n) is 5.36. The summed E-state index contributed by atoms with van der Waals surface area (Å²) in [5, 5.41) is 29.5. The molecule has 3 heteroatoms. The van der Waals surface area contributed by atoms with Gasteiger partial charge in [0, 0.05) is 5.41 Å². The van der Waals surface area contributed by atoms with Gasteiger partial charge in [0.25, 0.3) is 0 Å². The molecule has 3 N–H and O–H groups in total. The van der Waals surface area contributed by atoms with Gasteiger partial charge in [0.2, 0.25) is 0 Å². The molecule has 5 atom stereocenters. The van der Waals surface area contributed by atoms with Crippen LogP contribution in [0.25, 0.3) is 0 Å². The van der Waals surface area contributed by atoms with Crippen LogP contribution in [0.4, 0.5) is 0 Å². The number of hydrogen-bond acceptors (Lipinski definition) is 3. The summed E-state index contributed by atoms with van der Waals surface area (Å²) >= 11 is 0. The van der Waals surface area contributed by atoms with Gasteiger partial charge in [-0.2, -0.15) is 0 Å². The van der Waals surface area contributed by atoms with Gasteiger partial charge in [0.15, 0.2) is 0 Å². The maximum absolute atomic E-state index is 10.5. The topological polar surface area (TPSA) is 60.7 Å². The largest absolute Gasteiger partial charge is 0.396 e. The molecule has 2 saturated carbocycles. The normalized spacial score (nSPS) is 41.7. The molecule has 1 unspecified atom stereocenters. The Morgan fingerprint density at radius 3 is 2.61 bits per heavy atom. The molecule has 132 valence electrons. The van der Waals surface area contributed by atoms with Crippen LogP contribution >= 0.6 is 0 Å². The minimum Gasteiger partial charge on any atom is -0.396 e. The van der Waals surface area contributed by atoms with Crippen molar-refractivity contribution >= 4 is 0 Å². The molecular formula is C20H34O3. The molecule has 2 aliphatic carbocycles.